The summed E-state index contributed by atoms with van der Waals surface area (Å²) in [4.78, 5) is 13.7. The Morgan fingerprint density at radius 2 is 2.00 bits per heavy atom. The molecular weight excluding hydrogens is 325 g/mol. The first-order valence-corrected chi connectivity index (χ1v) is 7.67. The number of nitrogens with one attached hydrogen (secondary N) is 1. The molecule has 1 aromatic rings. The highest BCUT2D eigenvalue weighted by Gasteiger charge is 2.44. The Bertz CT molecular complexity index is 584. The van der Waals surface area contributed by atoms with E-state index in [0.717, 1.165) is 5.56 Å². The lowest BCUT2D eigenvalue weighted by atomic mass is 9.91. The van der Waals surface area contributed by atoms with Crippen molar-refractivity contribution in [3.05, 3.63) is 23.8 Å². The second kappa shape index (κ2) is 7.29. The van der Waals surface area contributed by atoms with E-state index in [9.17, 15) is 23.1 Å². The number of aliphatic hydroxyl groups is 1. The Hall–Kier alpha value is -1.96. The number of alkyl halides is 3. The van der Waals surface area contributed by atoms with Gasteiger partial charge in [0.05, 0.1) is 12.8 Å². The molecule has 0 radical (unpaired) electrons. The number of benzene rings is 1. The van der Waals surface area contributed by atoms with Gasteiger partial charge in [-0.2, -0.15) is 13.2 Å². The van der Waals surface area contributed by atoms with Crippen molar-refractivity contribution in [3.8, 4) is 5.75 Å². The van der Waals surface area contributed by atoms with Gasteiger partial charge in [0, 0.05) is 13.1 Å². The number of carbonyl (C=O) groups is 1. The smallest absolute Gasteiger partial charge is 0.414 e. The Kier molecular flexibility index (Phi) is 5.58. The van der Waals surface area contributed by atoms with Gasteiger partial charge >= 0.3 is 12.2 Å². The third-order valence-corrected chi connectivity index (χ3v) is 4.21. The van der Waals surface area contributed by atoms with Crippen LogP contribution in [0.1, 0.15) is 18.4 Å². The SMILES string of the molecule is COc1ccc(C)cc1NC(=O)N1CCC(C(O)C(F)(F)F)CC1. The van der Waals surface area contributed by atoms with Crippen molar-refractivity contribution in [1.82, 2.24) is 4.90 Å². The summed E-state index contributed by atoms with van der Waals surface area (Å²) in [5.41, 5.74) is 1.46. The molecule has 0 aliphatic carbocycles. The standard InChI is InChI=1S/C16H21F3N2O3/c1-10-3-4-13(24-2)12(9-10)20-15(23)21-7-5-11(6-8-21)14(22)16(17,18)19/h3-4,9,11,14,22H,5-8H2,1-2H3,(H,20,23). The van der Waals surface area contributed by atoms with E-state index in [0.29, 0.717) is 11.4 Å². The minimum atomic E-state index is -4.62. The number of methoxy groups -OCH3 is 1. The highest BCUT2D eigenvalue weighted by molar-refractivity contribution is 5.91. The Morgan fingerprint density at radius 3 is 2.54 bits per heavy atom. The molecule has 2 rings (SSSR count). The van der Waals surface area contributed by atoms with E-state index in [4.69, 9.17) is 4.74 Å². The number of amides is 2. The van der Waals surface area contributed by atoms with Gasteiger partial charge in [-0.1, -0.05) is 6.07 Å². The number of hydrogen-bond acceptors (Lipinski definition) is 3. The third kappa shape index (κ3) is 4.31. The van der Waals surface area contributed by atoms with Gasteiger partial charge in [-0.3, -0.25) is 0 Å². The lowest BCUT2D eigenvalue weighted by Gasteiger charge is -2.34. The highest BCUT2D eigenvalue weighted by atomic mass is 19.4. The summed E-state index contributed by atoms with van der Waals surface area (Å²) < 4.78 is 42.8. The van der Waals surface area contributed by atoms with Crippen LogP contribution >= 0.6 is 0 Å². The maximum atomic E-state index is 12.5. The minimum Gasteiger partial charge on any atom is -0.495 e. The van der Waals surface area contributed by atoms with Crippen molar-refractivity contribution in [1.29, 1.82) is 0 Å². The van der Waals surface area contributed by atoms with Gasteiger partial charge in [-0.15, -0.1) is 0 Å². The summed E-state index contributed by atoms with van der Waals surface area (Å²) in [6.07, 6.45) is -6.73. The number of likely N-dealkylation sites (tertiary alicyclic amines) is 1. The zero-order valence-electron chi connectivity index (χ0n) is 13.6. The van der Waals surface area contributed by atoms with E-state index in [-0.39, 0.29) is 32.0 Å². The van der Waals surface area contributed by atoms with Crippen LogP contribution < -0.4 is 10.1 Å². The number of carbonyl (C=O) groups excluding carboxylic acids is 1. The molecule has 1 aliphatic rings. The monoisotopic (exact) mass is 346 g/mol. The lowest BCUT2D eigenvalue weighted by Crippen LogP contribution is -2.46. The topological polar surface area (TPSA) is 61.8 Å². The van der Waals surface area contributed by atoms with E-state index < -0.39 is 18.2 Å². The number of piperidine rings is 1. The molecule has 0 spiro atoms. The van der Waals surface area contributed by atoms with Gasteiger partial charge in [0.15, 0.2) is 6.10 Å². The molecule has 0 saturated carbocycles. The second-order valence-corrected chi connectivity index (χ2v) is 5.94. The molecule has 2 N–H and O–H groups in total. The number of urea groups is 1. The number of aliphatic hydroxyl groups excluding tert-OH is 1. The molecule has 0 aromatic heterocycles. The van der Waals surface area contributed by atoms with E-state index in [1.165, 1.54) is 12.0 Å². The minimum absolute atomic E-state index is 0.110. The number of halogens is 3. The van der Waals surface area contributed by atoms with Crippen LogP contribution in [0.25, 0.3) is 0 Å². The molecule has 24 heavy (non-hydrogen) atoms. The lowest BCUT2D eigenvalue weighted by molar-refractivity contribution is -0.222. The quantitative estimate of drug-likeness (QED) is 0.884. The van der Waals surface area contributed by atoms with Crippen LogP contribution in [0.2, 0.25) is 0 Å². The van der Waals surface area contributed by atoms with Gasteiger partial charge in [0.25, 0.3) is 0 Å². The fraction of sp³-hybridized carbons (Fsp3) is 0.562. The van der Waals surface area contributed by atoms with Crippen LogP contribution in [0, 0.1) is 12.8 Å². The number of rotatable bonds is 3. The highest BCUT2D eigenvalue weighted by Crippen LogP contribution is 2.32. The summed E-state index contributed by atoms with van der Waals surface area (Å²) in [7, 11) is 1.49. The van der Waals surface area contributed by atoms with Gasteiger partial charge in [-0.25, -0.2) is 4.79 Å². The molecule has 2 amide bonds. The molecule has 5 nitrogen and oxygen atoms in total. The van der Waals surface area contributed by atoms with Crippen LogP contribution in [0.5, 0.6) is 5.75 Å². The normalized spacial score (nSPS) is 17.5. The van der Waals surface area contributed by atoms with E-state index in [2.05, 4.69) is 5.32 Å². The van der Waals surface area contributed by atoms with Crippen molar-refractivity contribution in [2.75, 3.05) is 25.5 Å². The first-order valence-electron chi connectivity index (χ1n) is 7.67. The number of nitrogens with zero attached hydrogens (tertiary/aromatic N) is 1. The molecule has 1 aliphatic heterocycles. The Balaban J connectivity index is 1.95. The second-order valence-electron chi connectivity index (χ2n) is 5.94. The number of ether oxygens (including phenoxy) is 1. The van der Waals surface area contributed by atoms with E-state index in [1.54, 1.807) is 12.1 Å². The molecular formula is C16H21F3N2O3. The van der Waals surface area contributed by atoms with Crippen LogP contribution in [0.4, 0.5) is 23.7 Å². The van der Waals surface area contributed by atoms with Crippen LogP contribution in [0.3, 0.4) is 0 Å². The summed E-state index contributed by atoms with van der Waals surface area (Å²) in [6, 6.07) is 4.95. The molecule has 0 bridgehead atoms. The fourth-order valence-corrected chi connectivity index (χ4v) is 2.80. The van der Waals surface area contributed by atoms with E-state index in [1.807, 2.05) is 13.0 Å². The molecule has 1 aromatic carbocycles. The zero-order valence-corrected chi connectivity index (χ0v) is 13.6. The van der Waals surface area contributed by atoms with Crippen molar-refractivity contribution in [2.45, 2.75) is 32.0 Å². The number of aryl methyl sites for hydroxylation is 1. The van der Waals surface area contributed by atoms with Gasteiger partial charge in [-0.05, 0) is 43.4 Å². The predicted molar refractivity (Wildman–Crippen MR) is 83.1 cm³/mol. The largest absolute Gasteiger partial charge is 0.495 e. The van der Waals surface area contributed by atoms with Crippen molar-refractivity contribution in [3.63, 3.8) is 0 Å². The summed E-state index contributed by atoms with van der Waals surface area (Å²) >= 11 is 0. The van der Waals surface area contributed by atoms with Gasteiger partial charge in [0.2, 0.25) is 0 Å². The average Bonchev–Trinajstić information content (AvgIpc) is 2.53. The number of hydrogen-bond donors (Lipinski definition) is 2. The predicted octanol–water partition coefficient (Wildman–Crippen LogP) is 3.17. The van der Waals surface area contributed by atoms with Gasteiger partial charge < -0.3 is 20.1 Å². The first kappa shape index (κ1) is 18.4. The molecule has 1 atom stereocenters. The Labute approximate surface area is 138 Å². The van der Waals surface area contributed by atoms with Gasteiger partial charge in [0.1, 0.15) is 5.75 Å². The molecule has 1 heterocycles. The van der Waals surface area contributed by atoms with E-state index >= 15 is 0 Å². The van der Waals surface area contributed by atoms with Crippen molar-refractivity contribution < 1.29 is 27.8 Å². The first-order chi connectivity index (χ1) is 11.2. The Morgan fingerprint density at radius 1 is 1.38 bits per heavy atom. The molecule has 1 unspecified atom stereocenters. The summed E-state index contributed by atoms with van der Waals surface area (Å²) in [5.74, 6) is -0.362. The average molecular weight is 346 g/mol. The number of anilines is 1. The zero-order chi connectivity index (χ0) is 17.9. The maximum Gasteiger partial charge on any atom is 0.414 e. The molecule has 8 heteroatoms. The molecule has 1 fully saturated rings. The van der Waals surface area contributed by atoms with Crippen LogP contribution in [-0.2, 0) is 0 Å². The summed E-state index contributed by atoms with van der Waals surface area (Å²) in [5, 5.41) is 12.0. The van der Waals surface area contributed by atoms with Crippen molar-refractivity contribution in [2.24, 2.45) is 5.92 Å². The van der Waals surface area contributed by atoms with Crippen molar-refractivity contribution >= 4 is 11.7 Å². The molecule has 1 saturated heterocycles. The van der Waals surface area contributed by atoms with Crippen LogP contribution in [-0.4, -0.2) is 48.5 Å². The van der Waals surface area contributed by atoms with Crippen LogP contribution in [0.15, 0.2) is 18.2 Å². The summed E-state index contributed by atoms with van der Waals surface area (Å²) in [6.45, 7) is 2.20. The third-order valence-electron chi connectivity index (χ3n) is 4.21. The fourth-order valence-electron chi connectivity index (χ4n) is 2.80. The maximum absolute atomic E-state index is 12.5. The molecule has 134 valence electrons.